The fourth-order valence-corrected chi connectivity index (χ4v) is 2.16. The van der Waals surface area contributed by atoms with Crippen LogP contribution >= 0.6 is 0 Å². The van der Waals surface area contributed by atoms with E-state index in [0.717, 1.165) is 51.4 Å². The first-order chi connectivity index (χ1) is 12.8. The van der Waals surface area contributed by atoms with E-state index in [2.05, 4.69) is 67.3 Å². The minimum atomic E-state index is -0.0803. The standard InChI is InChI=1S/C24H36O2/c1-3-5-6-7-8-9-10-11-12-13-14-15-16-17-18-19-20-21-22-23-24(25)26-4-2/h3,6-7,9-10,12-13,15-16,18-19H,1,4-5,8,11,14,17,20-23H2,2H3/b7-6+,10-9+,13-12+,16-15+,19-18+. The van der Waals surface area contributed by atoms with Crippen molar-refractivity contribution < 1.29 is 9.53 Å². The van der Waals surface area contributed by atoms with Crippen molar-refractivity contribution in [2.45, 2.75) is 64.7 Å². The third-order valence-electron chi connectivity index (χ3n) is 3.53. The molecule has 0 saturated heterocycles. The average molecular weight is 357 g/mol. The lowest BCUT2D eigenvalue weighted by Gasteiger charge is -1.99. The second kappa shape index (κ2) is 21.0. The molecule has 0 aliphatic heterocycles. The molecular weight excluding hydrogens is 320 g/mol. The van der Waals surface area contributed by atoms with Gasteiger partial charge in [-0.05, 0) is 58.3 Å². The molecule has 0 aliphatic rings. The number of hydrogen-bond acceptors (Lipinski definition) is 2. The highest BCUT2D eigenvalue weighted by Gasteiger charge is 1.99. The molecule has 2 heteroatoms. The summed E-state index contributed by atoms with van der Waals surface area (Å²) in [6.45, 7) is 6.00. The van der Waals surface area contributed by atoms with Gasteiger partial charge in [-0.25, -0.2) is 0 Å². The lowest BCUT2D eigenvalue weighted by atomic mass is 10.2. The second-order valence-electron chi connectivity index (χ2n) is 5.88. The van der Waals surface area contributed by atoms with E-state index in [9.17, 15) is 4.79 Å². The maximum Gasteiger partial charge on any atom is 0.305 e. The van der Waals surface area contributed by atoms with Gasteiger partial charge in [0.2, 0.25) is 0 Å². The van der Waals surface area contributed by atoms with Crippen LogP contribution in [0.1, 0.15) is 64.7 Å². The topological polar surface area (TPSA) is 26.3 Å². The Morgan fingerprint density at radius 1 is 0.731 bits per heavy atom. The lowest BCUT2D eigenvalue weighted by molar-refractivity contribution is -0.143. The number of carbonyl (C=O) groups excluding carboxylic acids is 1. The highest BCUT2D eigenvalue weighted by Crippen LogP contribution is 2.03. The Morgan fingerprint density at radius 3 is 1.65 bits per heavy atom. The van der Waals surface area contributed by atoms with Crippen molar-refractivity contribution in [2.75, 3.05) is 6.61 Å². The highest BCUT2D eigenvalue weighted by atomic mass is 16.5. The van der Waals surface area contributed by atoms with Gasteiger partial charge in [0.1, 0.15) is 0 Å². The second-order valence-corrected chi connectivity index (χ2v) is 5.88. The maximum atomic E-state index is 11.2. The summed E-state index contributed by atoms with van der Waals surface area (Å²) in [4.78, 5) is 11.2. The van der Waals surface area contributed by atoms with E-state index in [1.807, 2.05) is 13.0 Å². The molecular formula is C24H36O2. The fourth-order valence-electron chi connectivity index (χ4n) is 2.16. The van der Waals surface area contributed by atoms with Crippen LogP contribution in [-0.2, 0) is 9.53 Å². The Morgan fingerprint density at radius 2 is 1.19 bits per heavy atom. The van der Waals surface area contributed by atoms with Crippen molar-refractivity contribution in [1.29, 1.82) is 0 Å². The molecule has 0 amide bonds. The summed E-state index contributed by atoms with van der Waals surface area (Å²) in [7, 11) is 0. The number of allylic oxidation sites excluding steroid dienone is 11. The third kappa shape index (κ3) is 20.0. The molecule has 144 valence electrons. The maximum absolute atomic E-state index is 11.2. The van der Waals surface area contributed by atoms with E-state index >= 15 is 0 Å². The Labute approximate surface area is 160 Å². The summed E-state index contributed by atoms with van der Waals surface area (Å²) in [5.74, 6) is -0.0803. The molecule has 0 bridgehead atoms. The van der Waals surface area contributed by atoms with Crippen LogP contribution in [0.5, 0.6) is 0 Å². The molecule has 2 nitrogen and oxygen atoms in total. The molecule has 0 rings (SSSR count). The van der Waals surface area contributed by atoms with Gasteiger partial charge < -0.3 is 4.74 Å². The zero-order valence-corrected chi connectivity index (χ0v) is 16.4. The van der Waals surface area contributed by atoms with Gasteiger partial charge in [0.15, 0.2) is 0 Å². The predicted molar refractivity (Wildman–Crippen MR) is 114 cm³/mol. The van der Waals surface area contributed by atoms with Gasteiger partial charge in [-0.15, -0.1) is 6.58 Å². The Hall–Kier alpha value is -2.09. The first-order valence-corrected chi connectivity index (χ1v) is 9.82. The van der Waals surface area contributed by atoms with Crippen molar-refractivity contribution in [3.05, 3.63) is 73.4 Å². The minimum absolute atomic E-state index is 0.0803. The summed E-state index contributed by atoms with van der Waals surface area (Å²) in [5, 5.41) is 0. The minimum Gasteiger partial charge on any atom is -0.466 e. The Bertz CT molecular complexity index is 478. The monoisotopic (exact) mass is 356 g/mol. The highest BCUT2D eigenvalue weighted by molar-refractivity contribution is 5.69. The number of unbranched alkanes of at least 4 members (excludes halogenated alkanes) is 2. The normalized spacial score (nSPS) is 12.3. The van der Waals surface area contributed by atoms with Crippen molar-refractivity contribution in [3.8, 4) is 0 Å². The fraction of sp³-hybridized carbons (Fsp3) is 0.458. The molecule has 0 spiro atoms. The van der Waals surface area contributed by atoms with E-state index in [0.29, 0.717) is 13.0 Å². The van der Waals surface area contributed by atoms with Gasteiger partial charge in [-0.2, -0.15) is 0 Å². The predicted octanol–water partition coefficient (Wildman–Crippen LogP) is 7.03. The van der Waals surface area contributed by atoms with Gasteiger partial charge in [-0.3, -0.25) is 4.79 Å². The number of rotatable bonds is 16. The van der Waals surface area contributed by atoms with Crippen molar-refractivity contribution >= 4 is 5.97 Å². The van der Waals surface area contributed by atoms with Crippen LogP contribution < -0.4 is 0 Å². The van der Waals surface area contributed by atoms with E-state index in [1.165, 1.54) is 0 Å². The third-order valence-corrected chi connectivity index (χ3v) is 3.53. The molecule has 0 radical (unpaired) electrons. The summed E-state index contributed by atoms with van der Waals surface area (Å²) < 4.78 is 4.90. The van der Waals surface area contributed by atoms with Crippen LogP contribution in [0, 0.1) is 0 Å². The van der Waals surface area contributed by atoms with Crippen LogP contribution in [0.3, 0.4) is 0 Å². The average Bonchev–Trinajstić information content (AvgIpc) is 2.64. The molecule has 0 atom stereocenters. The van der Waals surface area contributed by atoms with Gasteiger partial charge >= 0.3 is 5.97 Å². The number of ether oxygens (including phenoxy) is 1. The first kappa shape index (κ1) is 23.9. The first-order valence-electron chi connectivity index (χ1n) is 9.82. The van der Waals surface area contributed by atoms with Gasteiger partial charge in [0.25, 0.3) is 0 Å². The molecule has 0 aromatic heterocycles. The van der Waals surface area contributed by atoms with E-state index < -0.39 is 0 Å². The summed E-state index contributed by atoms with van der Waals surface area (Å²) in [5.41, 5.74) is 0. The molecule has 0 fully saturated rings. The van der Waals surface area contributed by atoms with Crippen molar-refractivity contribution in [3.63, 3.8) is 0 Å². The van der Waals surface area contributed by atoms with Crippen LogP contribution in [0.2, 0.25) is 0 Å². The van der Waals surface area contributed by atoms with Crippen LogP contribution in [-0.4, -0.2) is 12.6 Å². The van der Waals surface area contributed by atoms with E-state index in [4.69, 9.17) is 4.74 Å². The van der Waals surface area contributed by atoms with Gasteiger partial charge in [0.05, 0.1) is 6.61 Å². The zero-order valence-electron chi connectivity index (χ0n) is 16.4. The van der Waals surface area contributed by atoms with Crippen molar-refractivity contribution in [2.24, 2.45) is 0 Å². The van der Waals surface area contributed by atoms with Crippen LogP contribution in [0.15, 0.2) is 73.4 Å². The molecule has 0 aliphatic carbocycles. The Balaban J connectivity index is 3.47. The lowest BCUT2D eigenvalue weighted by Crippen LogP contribution is -2.02. The van der Waals surface area contributed by atoms with Gasteiger partial charge in [-0.1, -0.05) is 66.8 Å². The smallest absolute Gasteiger partial charge is 0.305 e. The quantitative estimate of drug-likeness (QED) is 0.169. The summed E-state index contributed by atoms with van der Waals surface area (Å²) in [6, 6.07) is 0. The van der Waals surface area contributed by atoms with E-state index in [1.54, 1.807) is 0 Å². The summed E-state index contributed by atoms with van der Waals surface area (Å²) >= 11 is 0. The summed E-state index contributed by atoms with van der Waals surface area (Å²) in [6.07, 6.45) is 32.2. The Kier molecular flexibility index (Phi) is 19.3. The van der Waals surface area contributed by atoms with Crippen LogP contribution in [0.4, 0.5) is 0 Å². The molecule has 0 aromatic rings. The number of carbonyl (C=O) groups is 1. The van der Waals surface area contributed by atoms with Crippen LogP contribution in [0.25, 0.3) is 0 Å². The van der Waals surface area contributed by atoms with Crippen molar-refractivity contribution in [1.82, 2.24) is 0 Å². The molecule has 0 saturated carbocycles. The molecule has 0 aromatic carbocycles. The van der Waals surface area contributed by atoms with E-state index in [-0.39, 0.29) is 5.97 Å². The molecule has 0 heterocycles. The molecule has 0 unspecified atom stereocenters. The molecule has 0 N–H and O–H groups in total. The SMILES string of the molecule is C=CC/C=C/C/C=C/C/C=C/C/C=C/C/C=C/CCCCC(=O)OCC. The largest absolute Gasteiger partial charge is 0.466 e. The van der Waals surface area contributed by atoms with Gasteiger partial charge in [0, 0.05) is 6.42 Å². The number of esters is 1. The molecule has 26 heavy (non-hydrogen) atoms. The zero-order chi connectivity index (χ0) is 19.1. The number of hydrogen-bond donors (Lipinski definition) is 0.